The van der Waals surface area contributed by atoms with Gasteiger partial charge in [-0.3, -0.25) is 9.59 Å². The molecule has 2 aromatic heterocycles. The molecule has 1 amide bonds. The highest BCUT2D eigenvalue weighted by molar-refractivity contribution is 5.78. The van der Waals surface area contributed by atoms with Gasteiger partial charge in [-0.15, -0.1) is 0 Å². The minimum Gasteiger partial charge on any atom is -0.357 e. The van der Waals surface area contributed by atoms with Crippen molar-refractivity contribution in [3.63, 3.8) is 0 Å². The zero-order valence-corrected chi connectivity index (χ0v) is 14.6. The predicted octanol–water partition coefficient (Wildman–Crippen LogP) is 1.24. The van der Waals surface area contributed by atoms with E-state index in [9.17, 15) is 9.59 Å². The number of carbonyl (C=O) groups excluding carboxylic acids is 1. The van der Waals surface area contributed by atoms with Crippen molar-refractivity contribution in [1.29, 1.82) is 0 Å². The summed E-state index contributed by atoms with van der Waals surface area (Å²) in [4.78, 5) is 37.7. The van der Waals surface area contributed by atoms with Crippen molar-refractivity contribution in [1.82, 2.24) is 20.3 Å². The molecule has 3 heterocycles. The molecule has 25 heavy (non-hydrogen) atoms. The van der Waals surface area contributed by atoms with Gasteiger partial charge in [0.15, 0.2) is 0 Å². The number of anilines is 1. The first kappa shape index (κ1) is 17.1. The molecule has 0 radical (unpaired) electrons. The van der Waals surface area contributed by atoms with Gasteiger partial charge in [0, 0.05) is 37.1 Å². The maximum Gasteiger partial charge on any atom is 0.254 e. The van der Waals surface area contributed by atoms with E-state index in [1.54, 1.807) is 20.0 Å². The number of aromatic amines is 1. The van der Waals surface area contributed by atoms with Crippen LogP contribution in [-0.4, -0.2) is 33.9 Å². The lowest BCUT2D eigenvalue weighted by molar-refractivity contribution is -0.120. The van der Waals surface area contributed by atoms with Gasteiger partial charge in [-0.1, -0.05) is 0 Å². The van der Waals surface area contributed by atoms with E-state index < -0.39 is 0 Å². The predicted molar refractivity (Wildman–Crippen MR) is 95.6 cm³/mol. The van der Waals surface area contributed by atoms with E-state index >= 15 is 0 Å². The average molecular weight is 341 g/mol. The molecular formula is C18H23N5O2. The van der Waals surface area contributed by atoms with Crippen molar-refractivity contribution < 1.29 is 4.79 Å². The number of amides is 1. The van der Waals surface area contributed by atoms with Gasteiger partial charge in [0.1, 0.15) is 11.6 Å². The number of hydrogen-bond acceptors (Lipinski definition) is 5. The number of nitrogens with zero attached hydrogens (tertiary/aromatic N) is 3. The van der Waals surface area contributed by atoms with Crippen LogP contribution in [0, 0.1) is 13.8 Å². The summed E-state index contributed by atoms with van der Waals surface area (Å²) in [5.41, 5.74) is 1.76. The summed E-state index contributed by atoms with van der Waals surface area (Å²) >= 11 is 0. The highest BCUT2D eigenvalue weighted by atomic mass is 16.2. The van der Waals surface area contributed by atoms with Gasteiger partial charge >= 0.3 is 0 Å². The molecule has 3 rings (SSSR count). The van der Waals surface area contributed by atoms with E-state index in [1.807, 2.05) is 12.1 Å². The lowest BCUT2D eigenvalue weighted by atomic mass is 10.1. The highest BCUT2D eigenvalue weighted by Gasteiger charge is 2.14. The monoisotopic (exact) mass is 341 g/mol. The Hall–Kier alpha value is -2.70. The van der Waals surface area contributed by atoms with Gasteiger partial charge in [-0.25, -0.2) is 9.97 Å². The smallest absolute Gasteiger partial charge is 0.254 e. The minimum atomic E-state index is -0.250. The van der Waals surface area contributed by atoms with Crippen LogP contribution < -0.4 is 15.8 Å². The SMILES string of the molecule is Cc1nc(C)c(CC(=O)NCc2ccnc(N3CCCC3)c2)c(=O)[nH]1. The average Bonchev–Trinajstić information content (AvgIpc) is 3.11. The van der Waals surface area contributed by atoms with Gasteiger partial charge in [-0.05, 0) is 44.4 Å². The molecule has 0 spiro atoms. The zero-order chi connectivity index (χ0) is 17.8. The third kappa shape index (κ3) is 4.23. The standard InChI is InChI=1S/C18H23N5O2/c1-12-15(18(25)22-13(2)21-12)10-17(24)20-11-14-5-6-19-16(9-14)23-7-3-4-8-23/h5-6,9H,3-4,7-8,10-11H2,1-2H3,(H,20,24)(H,21,22,25). The largest absolute Gasteiger partial charge is 0.357 e. The lowest BCUT2D eigenvalue weighted by Gasteiger charge is -2.17. The summed E-state index contributed by atoms with van der Waals surface area (Å²) in [5.74, 6) is 1.32. The third-order valence-electron chi connectivity index (χ3n) is 4.41. The summed E-state index contributed by atoms with van der Waals surface area (Å²) < 4.78 is 0. The summed E-state index contributed by atoms with van der Waals surface area (Å²) in [6, 6.07) is 3.91. The molecule has 2 aromatic rings. The Kier molecular flexibility index (Phi) is 5.11. The van der Waals surface area contributed by atoms with E-state index in [-0.39, 0.29) is 17.9 Å². The molecule has 2 N–H and O–H groups in total. The van der Waals surface area contributed by atoms with Crippen LogP contribution in [0.2, 0.25) is 0 Å². The molecular weight excluding hydrogens is 318 g/mol. The highest BCUT2D eigenvalue weighted by Crippen LogP contribution is 2.18. The van der Waals surface area contributed by atoms with Crippen molar-refractivity contribution in [3.05, 3.63) is 51.3 Å². The Bertz CT molecular complexity index is 824. The Morgan fingerprint density at radius 3 is 2.80 bits per heavy atom. The van der Waals surface area contributed by atoms with Gasteiger partial charge in [0.05, 0.1) is 6.42 Å². The maximum atomic E-state index is 12.2. The van der Waals surface area contributed by atoms with E-state index in [1.165, 1.54) is 12.8 Å². The van der Waals surface area contributed by atoms with Crippen LogP contribution in [0.25, 0.3) is 0 Å². The molecule has 7 heteroatoms. The molecule has 0 aliphatic carbocycles. The molecule has 0 saturated carbocycles. The lowest BCUT2D eigenvalue weighted by Crippen LogP contribution is -2.29. The second kappa shape index (κ2) is 7.46. The fourth-order valence-corrected chi connectivity index (χ4v) is 3.07. The summed E-state index contributed by atoms with van der Waals surface area (Å²) in [7, 11) is 0. The fraction of sp³-hybridized carbons (Fsp3) is 0.444. The maximum absolute atomic E-state index is 12.2. The number of hydrogen-bond donors (Lipinski definition) is 2. The van der Waals surface area contributed by atoms with Gasteiger partial charge in [-0.2, -0.15) is 0 Å². The summed E-state index contributed by atoms with van der Waals surface area (Å²) in [6.45, 7) is 5.95. The van der Waals surface area contributed by atoms with Crippen molar-refractivity contribution in [2.45, 2.75) is 39.7 Å². The summed E-state index contributed by atoms with van der Waals surface area (Å²) in [6.07, 6.45) is 4.19. The first-order valence-electron chi connectivity index (χ1n) is 8.56. The molecule has 1 aliphatic heterocycles. The minimum absolute atomic E-state index is 0.0263. The first-order chi connectivity index (χ1) is 12.0. The van der Waals surface area contributed by atoms with Gasteiger partial charge in [0.25, 0.3) is 5.56 Å². The van der Waals surface area contributed by atoms with Crippen molar-refractivity contribution in [3.8, 4) is 0 Å². The van der Waals surface area contributed by atoms with Crippen molar-refractivity contribution >= 4 is 11.7 Å². The number of aromatic nitrogens is 3. The van der Waals surface area contributed by atoms with Gasteiger partial charge in [0.2, 0.25) is 5.91 Å². The van der Waals surface area contributed by atoms with Crippen LogP contribution in [-0.2, 0) is 17.8 Å². The van der Waals surface area contributed by atoms with E-state index in [0.29, 0.717) is 23.6 Å². The molecule has 7 nitrogen and oxygen atoms in total. The molecule has 1 fully saturated rings. The number of nitrogens with one attached hydrogen (secondary N) is 2. The van der Waals surface area contributed by atoms with Crippen molar-refractivity contribution in [2.24, 2.45) is 0 Å². The molecule has 0 bridgehead atoms. The zero-order valence-electron chi connectivity index (χ0n) is 14.6. The van der Waals surface area contributed by atoms with E-state index in [2.05, 4.69) is 25.2 Å². The number of carbonyl (C=O) groups is 1. The number of H-pyrrole nitrogens is 1. The van der Waals surface area contributed by atoms with E-state index in [0.717, 1.165) is 24.5 Å². The van der Waals surface area contributed by atoms with Crippen LogP contribution in [0.15, 0.2) is 23.1 Å². The van der Waals surface area contributed by atoms with Crippen LogP contribution >= 0.6 is 0 Å². The van der Waals surface area contributed by atoms with E-state index in [4.69, 9.17) is 0 Å². The number of rotatable bonds is 5. The Labute approximate surface area is 146 Å². The third-order valence-corrected chi connectivity index (χ3v) is 4.41. The topological polar surface area (TPSA) is 91.0 Å². The Balaban J connectivity index is 1.61. The normalized spacial score (nSPS) is 13.9. The molecule has 0 atom stereocenters. The van der Waals surface area contributed by atoms with Crippen LogP contribution in [0.3, 0.4) is 0 Å². The summed E-state index contributed by atoms with van der Waals surface area (Å²) in [5, 5.41) is 2.87. The van der Waals surface area contributed by atoms with Gasteiger partial charge < -0.3 is 15.2 Å². The number of pyridine rings is 1. The molecule has 1 aliphatic rings. The van der Waals surface area contributed by atoms with Crippen molar-refractivity contribution in [2.75, 3.05) is 18.0 Å². The van der Waals surface area contributed by atoms with Crippen LogP contribution in [0.5, 0.6) is 0 Å². The van der Waals surface area contributed by atoms with Crippen LogP contribution in [0.1, 0.15) is 35.5 Å². The Morgan fingerprint density at radius 2 is 2.08 bits per heavy atom. The second-order valence-electron chi connectivity index (χ2n) is 6.39. The molecule has 0 aromatic carbocycles. The molecule has 132 valence electrons. The Morgan fingerprint density at radius 1 is 1.32 bits per heavy atom. The second-order valence-corrected chi connectivity index (χ2v) is 6.39. The van der Waals surface area contributed by atoms with Crippen LogP contribution in [0.4, 0.5) is 5.82 Å². The quantitative estimate of drug-likeness (QED) is 0.854. The number of aryl methyl sites for hydroxylation is 2. The molecule has 1 saturated heterocycles. The fourth-order valence-electron chi connectivity index (χ4n) is 3.07. The molecule has 0 unspecified atom stereocenters. The first-order valence-corrected chi connectivity index (χ1v) is 8.56.